The minimum atomic E-state index is -1.95. The lowest BCUT2D eigenvalue weighted by molar-refractivity contribution is -0.247. The van der Waals surface area contributed by atoms with Crippen molar-refractivity contribution in [2.24, 2.45) is 0 Å². The van der Waals surface area contributed by atoms with Gasteiger partial charge in [-0.05, 0) is 17.7 Å². The third-order valence-corrected chi connectivity index (χ3v) is 6.58. The number of ether oxygens (including phenoxy) is 6. The second kappa shape index (κ2) is 9.28. The summed E-state index contributed by atoms with van der Waals surface area (Å²) in [5.74, 6) is -1.37. The summed E-state index contributed by atoms with van der Waals surface area (Å²) in [7, 11) is 4.48. The minimum Gasteiger partial charge on any atom is -0.497 e. The Kier molecular flexibility index (Phi) is 6.63. The molecule has 0 aliphatic carbocycles. The van der Waals surface area contributed by atoms with E-state index in [2.05, 4.69) is 25.9 Å². The van der Waals surface area contributed by atoms with E-state index in [9.17, 15) is 9.90 Å². The zero-order valence-electron chi connectivity index (χ0n) is 17.7. The van der Waals surface area contributed by atoms with Gasteiger partial charge in [0.25, 0.3) is 0 Å². The van der Waals surface area contributed by atoms with E-state index in [-0.39, 0.29) is 30.9 Å². The average Bonchev–Trinajstić information content (AvgIpc) is 3.12. The number of hydrogen-bond acceptors (Lipinski definition) is 10. The monoisotopic (exact) mass is 510 g/mol. The Bertz CT molecular complexity index is 975. The minimum absolute atomic E-state index is 0.111. The second-order valence-corrected chi connectivity index (χ2v) is 8.21. The average molecular weight is 511 g/mol. The molecule has 0 bridgehead atoms. The molecule has 5 atom stereocenters. The molecule has 172 valence electrons. The van der Waals surface area contributed by atoms with Crippen molar-refractivity contribution in [3.8, 4) is 17.6 Å². The summed E-state index contributed by atoms with van der Waals surface area (Å²) >= 11 is 3.26. The molecule has 2 aromatic rings. The van der Waals surface area contributed by atoms with Gasteiger partial charge in [-0.2, -0.15) is 4.98 Å². The molecule has 11 heteroatoms. The van der Waals surface area contributed by atoms with E-state index in [1.54, 1.807) is 7.11 Å². The van der Waals surface area contributed by atoms with Gasteiger partial charge >= 0.3 is 6.01 Å². The highest BCUT2D eigenvalue weighted by Crippen LogP contribution is 2.49. The molecular weight excluding hydrogens is 488 g/mol. The SMILES string of the molecule is COc1ccc(COC2[C@H](c3cnc(OC)nc3OC)O[C@]3(O)C(Br)C(=O)CO[C@@H]23)cc1. The lowest BCUT2D eigenvalue weighted by Crippen LogP contribution is -2.59. The zero-order chi connectivity index (χ0) is 22.9. The van der Waals surface area contributed by atoms with Crippen LogP contribution in [0, 0.1) is 0 Å². The number of aromatic nitrogens is 2. The first-order valence-corrected chi connectivity index (χ1v) is 10.7. The number of ketones is 1. The summed E-state index contributed by atoms with van der Waals surface area (Å²) < 4.78 is 33.5. The van der Waals surface area contributed by atoms with Crippen molar-refractivity contribution in [2.45, 2.75) is 35.5 Å². The van der Waals surface area contributed by atoms with Gasteiger partial charge in [0.15, 0.2) is 5.78 Å². The molecule has 10 nitrogen and oxygen atoms in total. The molecular formula is C21H23BrN2O8. The van der Waals surface area contributed by atoms with E-state index in [4.69, 9.17) is 28.4 Å². The molecule has 2 aliphatic rings. The molecule has 32 heavy (non-hydrogen) atoms. The summed E-state index contributed by atoms with van der Waals surface area (Å²) in [6.07, 6.45) is -1.14. The van der Waals surface area contributed by atoms with Gasteiger partial charge < -0.3 is 33.5 Å². The first-order valence-electron chi connectivity index (χ1n) is 9.79. The third-order valence-electron chi connectivity index (χ3n) is 5.41. The maximum atomic E-state index is 12.2. The van der Waals surface area contributed by atoms with Crippen LogP contribution in [0.1, 0.15) is 17.2 Å². The fourth-order valence-electron chi connectivity index (χ4n) is 3.77. The van der Waals surface area contributed by atoms with Gasteiger partial charge in [0.05, 0.1) is 33.5 Å². The first kappa shape index (κ1) is 22.9. The number of benzene rings is 1. The van der Waals surface area contributed by atoms with E-state index in [1.165, 1.54) is 20.4 Å². The van der Waals surface area contributed by atoms with Crippen molar-refractivity contribution in [3.05, 3.63) is 41.6 Å². The Morgan fingerprint density at radius 3 is 2.59 bits per heavy atom. The number of carbonyl (C=O) groups is 1. The largest absolute Gasteiger partial charge is 0.497 e. The summed E-state index contributed by atoms with van der Waals surface area (Å²) in [4.78, 5) is 19.5. The highest BCUT2D eigenvalue weighted by atomic mass is 79.9. The normalized spacial score (nSPS) is 29.5. The van der Waals surface area contributed by atoms with Gasteiger partial charge in [-0.3, -0.25) is 4.79 Å². The molecule has 0 saturated carbocycles. The number of methoxy groups -OCH3 is 3. The van der Waals surface area contributed by atoms with Crippen LogP contribution in [-0.4, -0.2) is 71.6 Å². The van der Waals surface area contributed by atoms with Crippen molar-refractivity contribution >= 4 is 21.7 Å². The molecule has 2 aliphatic heterocycles. The molecule has 3 heterocycles. The van der Waals surface area contributed by atoms with Crippen LogP contribution < -0.4 is 14.2 Å². The van der Waals surface area contributed by atoms with Crippen molar-refractivity contribution in [1.29, 1.82) is 0 Å². The fourth-order valence-corrected chi connectivity index (χ4v) is 4.27. The van der Waals surface area contributed by atoms with E-state index in [0.717, 1.165) is 11.3 Å². The lowest BCUT2D eigenvalue weighted by Gasteiger charge is -2.37. The Morgan fingerprint density at radius 1 is 1.19 bits per heavy atom. The van der Waals surface area contributed by atoms with Crippen molar-refractivity contribution < 1.29 is 38.3 Å². The highest BCUT2D eigenvalue weighted by molar-refractivity contribution is 9.10. The van der Waals surface area contributed by atoms with Crippen LogP contribution in [-0.2, 0) is 25.6 Å². The number of nitrogens with zero attached hydrogens (tertiary/aromatic N) is 2. The van der Waals surface area contributed by atoms with Crippen molar-refractivity contribution in [1.82, 2.24) is 9.97 Å². The van der Waals surface area contributed by atoms with Gasteiger partial charge in [0.1, 0.15) is 35.5 Å². The maximum Gasteiger partial charge on any atom is 0.319 e. The molecule has 2 unspecified atom stereocenters. The fraction of sp³-hybridized carbons (Fsp3) is 0.476. The number of aliphatic hydroxyl groups is 1. The third kappa shape index (κ3) is 4.06. The Hall–Kier alpha value is -2.31. The predicted octanol–water partition coefficient (Wildman–Crippen LogP) is 1.58. The van der Waals surface area contributed by atoms with Gasteiger partial charge in [0.2, 0.25) is 11.7 Å². The van der Waals surface area contributed by atoms with Crippen LogP contribution in [0.5, 0.6) is 17.6 Å². The number of alkyl halides is 1. The molecule has 0 spiro atoms. The molecule has 1 N–H and O–H groups in total. The van der Waals surface area contributed by atoms with E-state index < -0.39 is 28.9 Å². The summed E-state index contributed by atoms with van der Waals surface area (Å²) in [6.45, 7) is 0.0162. The Balaban J connectivity index is 1.67. The van der Waals surface area contributed by atoms with Crippen molar-refractivity contribution in [2.75, 3.05) is 27.9 Å². The second-order valence-electron chi connectivity index (χ2n) is 7.30. The Labute approximate surface area is 192 Å². The van der Waals surface area contributed by atoms with Gasteiger partial charge in [0, 0.05) is 6.20 Å². The number of rotatable bonds is 7. The molecule has 1 aromatic heterocycles. The smallest absolute Gasteiger partial charge is 0.319 e. The van der Waals surface area contributed by atoms with Gasteiger partial charge in [-0.25, -0.2) is 4.98 Å². The number of halogens is 1. The van der Waals surface area contributed by atoms with Crippen LogP contribution in [0.2, 0.25) is 0 Å². The molecule has 4 rings (SSSR count). The lowest BCUT2D eigenvalue weighted by atomic mass is 9.95. The van der Waals surface area contributed by atoms with Crippen LogP contribution in [0.15, 0.2) is 30.5 Å². The van der Waals surface area contributed by atoms with Crippen LogP contribution in [0.4, 0.5) is 0 Å². The predicted molar refractivity (Wildman–Crippen MR) is 113 cm³/mol. The molecule has 1 aromatic carbocycles. The number of hydrogen-bond donors (Lipinski definition) is 1. The number of fused-ring (bicyclic) bond motifs is 1. The summed E-state index contributed by atoms with van der Waals surface area (Å²) in [6, 6.07) is 7.49. The number of carbonyl (C=O) groups excluding carboxylic acids is 1. The molecule has 0 radical (unpaired) electrons. The van der Waals surface area contributed by atoms with Crippen LogP contribution in [0.25, 0.3) is 0 Å². The van der Waals surface area contributed by atoms with Crippen LogP contribution >= 0.6 is 15.9 Å². The summed E-state index contributed by atoms with van der Waals surface area (Å²) in [5.41, 5.74) is 1.30. The zero-order valence-corrected chi connectivity index (χ0v) is 19.3. The molecule has 2 saturated heterocycles. The standard InChI is InChI=1S/C21H23BrN2O8/c1-27-12-6-4-11(5-7-12)9-30-16-15(13-8-23-20(29-3)24-19(13)28-2)32-21(26)17(22)14(25)10-31-18(16)21/h4-8,15-18,26H,9-10H2,1-3H3/t15-,16?,17?,18-,21+/m0/s1. The summed E-state index contributed by atoms with van der Waals surface area (Å²) in [5, 5.41) is 11.3. The van der Waals surface area contributed by atoms with Gasteiger partial charge in [-0.1, -0.05) is 28.1 Å². The number of Topliss-reactive ketones (excluding diaryl/α,β-unsaturated/α-hetero) is 1. The van der Waals surface area contributed by atoms with Crippen molar-refractivity contribution in [3.63, 3.8) is 0 Å². The molecule has 2 fully saturated rings. The van der Waals surface area contributed by atoms with E-state index >= 15 is 0 Å². The highest BCUT2D eigenvalue weighted by Gasteiger charge is 2.64. The van der Waals surface area contributed by atoms with E-state index in [0.29, 0.717) is 5.56 Å². The van der Waals surface area contributed by atoms with Crippen LogP contribution in [0.3, 0.4) is 0 Å². The maximum absolute atomic E-state index is 12.2. The molecule has 0 amide bonds. The van der Waals surface area contributed by atoms with E-state index in [1.807, 2.05) is 24.3 Å². The topological polar surface area (TPSA) is 118 Å². The first-order chi connectivity index (χ1) is 15.4. The Morgan fingerprint density at radius 2 is 1.94 bits per heavy atom. The van der Waals surface area contributed by atoms with Gasteiger partial charge in [-0.15, -0.1) is 0 Å². The quantitative estimate of drug-likeness (QED) is 0.549.